The molecule has 2 aromatic carbocycles. The molecule has 10 heteroatoms. The van der Waals surface area contributed by atoms with Gasteiger partial charge in [-0.15, -0.1) is 11.3 Å². The van der Waals surface area contributed by atoms with Crippen LogP contribution in [0, 0.1) is 0 Å². The maximum atomic E-state index is 13.1. The zero-order chi connectivity index (χ0) is 22.7. The van der Waals surface area contributed by atoms with Crippen LogP contribution in [0.3, 0.4) is 0 Å². The van der Waals surface area contributed by atoms with Gasteiger partial charge in [0.25, 0.3) is 5.56 Å². The lowest BCUT2D eigenvalue weighted by Gasteiger charge is -2.12. The molecule has 0 bridgehead atoms. The van der Waals surface area contributed by atoms with Crippen molar-refractivity contribution in [3.63, 3.8) is 0 Å². The first-order valence-electron chi connectivity index (χ1n) is 9.47. The SMILES string of the molecule is CC(=O)Nc1ccc(NC(=O)CSc2nc3ccsc3c(=O)n2-c2ccc(Cl)cc2)cc1. The molecule has 0 unspecified atom stereocenters. The predicted octanol–water partition coefficient (Wildman–Crippen LogP) is 4.79. The van der Waals surface area contributed by atoms with Gasteiger partial charge >= 0.3 is 0 Å². The third-order valence-corrected chi connectivity index (χ3v) is 6.44. The second-order valence-electron chi connectivity index (χ2n) is 6.74. The van der Waals surface area contributed by atoms with E-state index in [4.69, 9.17) is 11.6 Å². The number of amides is 2. The summed E-state index contributed by atoms with van der Waals surface area (Å²) in [5.41, 5.74) is 2.27. The van der Waals surface area contributed by atoms with Gasteiger partial charge in [0.1, 0.15) is 4.70 Å². The zero-order valence-electron chi connectivity index (χ0n) is 16.8. The van der Waals surface area contributed by atoms with Gasteiger partial charge in [-0.2, -0.15) is 0 Å². The van der Waals surface area contributed by atoms with Gasteiger partial charge < -0.3 is 10.6 Å². The predicted molar refractivity (Wildman–Crippen MR) is 130 cm³/mol. The van der Waals surface area contributed by atoms with Crippen LogP contribution in [0.1, 0.15) is 6.92 Å². The standard InChI is InChI=1S/C22H17ClN4O3S2/c1-13(28)24-15-4-6-16(7-5-15)25-19(29)12-32-22-26-18-10-11-31-20(18)21(30)27(22)17-8-2-14(23)3-9-17/h2-11H,12H2,1H3,(H,24,28)(H,25,29). The summed E-state index contributed by atoms with van der Waals surface area (Å²) in [4.78, 5) is 41.3. The van der Waals surface area contributed by atoms with Crippen LogP contribution in [-0.2, 0) is 9.59 Å². The third kappa shape index (κ3) is 5.01. The lowest BCUT2D eigenvalue weighted by molar-refractivity contribution is -0.114. The van der Waals surface area contributed by atoms with Gasteiger partial charge in [0.15, 0.2) is 5.16 Å². The molecule has 2 heterocycles. The van der Waals surface area contributed by atoms with Crippen molar-refractivity contribution in [3.8, 4) is 5.69 Å². The van der Waals surface area contributed by atoms with Crippen molar-refractivity contribution in [2.75, 3.05) is 16.4 Å². The van der Waals surface area contributed by atoms with Crippen molar-refractivity contribution in [2.24, 2.45) is 0 Å². The molecule has 2 amide bonds. The summed E-state index contributed by atoms with van der Waals surface area (Å²) in [5.74, 6) is -0.354. The molecular weight excluding hydrogens is 468 g/mol. The van der Waals surface area contributed by atoms with Crippen LogP contribution in [0.2, 0.25) is 5.02 Å². The van der Waals surface area contributed by atoms with Crippen LogP contribution in [0.25, 0.3) is 15.9 Å². The van der Waals surface area contributed by atoms with Gasteiger partial charge in [-0.25, -0.2) is 4.98 Å². The minimum atomic E-state index is -0.246. The smallest absolute Gasteiger partial charge is 0.276 e. The van der Waals surface area contributed by atoms with Gasteiger partial charge in [0.05, 0.1) is 17.0 Å². The summed E-state index contributed by atoms with van der Waals surface area (Å²) in [6, 6.07) is 15.5. The fourth-order valence-electron chi connectivity index (χ4n) is 2.97. The number of rotatable bonds is 6. The summed E-state index contributed by atoms with van der Waals surface area (Å²) >= 11 is 8.49. The molecule has 0 radical (unpaired) electrons. The van der Waals surface area contributed by atoms with Crippen LogP contribution >= 0.6 is 34.7 Å². The molecule has 4 aromatic rings. The van der Waals surface area contributed by atoms with E-state index in [0.29, 0.717) is 37.5 Å². The second-order valence-corrected chi connectivity index (χ2v) is 9.04. The fraction of sp³-hybridized carbons (Fsp3) is 0.0909. The quantitative estimate of drug-likeness (QED) is 0.303. The number of anilines is 2. The van der Waals surface area contributed by atoms with Gasteiger partial charge in [-0.05, 0) is 60.0 Å². The molecule has 2 N–H and O–H groups in total. The first kappa shape index (κ1) is 22.1. The van der Waals surface area contributed by atoms with E-state index in [1.165, 1.54) is 34.6 Å². The van der Waals surface area contributed by atoms with Crippen molar-refractivity contribution in [2.45, 2.75) is 12.1 Å². The molecule has 0 saturated carbocycles. The Balaban J connectivity index is 1.54. The molecular formula is C22H17ClN4O3S2. The average Bonchev–Trinajstić information content (AvgIpc) is 3.23. The van der Waals surface area contributed by atoms with E-state index in [1.54, 1.807) is 54.6 Å². The highest BCUT2D eigenvalue weighted by Gasteiger charge is 2.16. The molecule has 0 saturated heterocycles. The van der Waals surface area contributed by atoms with E-state index in [9.17, 15) is 14.4 Å². The highest BCUT2D eigenvalue weighted by atomic mass is 35.5. The highest BCUT2D eigenvalue weighted by molar-refractivity contribution is 7.99. The molecule has 0 atom stereocenters. The zero-order valence-corrected chi connectivity index (χ0v) is 19.2. The Labute approximate surface area is 196 Å². The number of thioether (sulfide) groups is 1. The number of aromatic nitrogens is 2. The summed E-state index contributed by atoms with van der Waals surface area (Å²) in [5, 5.41) is 8.27. The average molecular weight is 485 g/mol. The minimum absolute atomic E-state index is 0.0587. The van der Waals surface area contributed by atoms with E-state index < -0.39 is 0 Å². The molecule has 0 aliphatic rings. The molecule has 0 spiro atoms. The van der Waals surface area contributed by atoms with Crippen LogP contribution in [-0.4, -0.2) is 27.1 Å². The number of halogens is 1. The van der Waals surface area contributed by atoms with Gasteiger partial charge in [-0.1, -0.05) is 23.4 Å². The Morgan fingerprint density at radius 1 is 1.03 bits per heavy atom. The van der Waals surface area contributed by atoms with E-state index in [2.05, 4.69) is 15.6 Å². The van der Waals surface area contributed by atoms with E-state index in [-0.39, 0.29) is 23.1 Å². The number of thiophene rings is 1. The van der Waals surface area contributed by atoms with Crippen molar-refractivity contribution in [3.05, 3.63) is 75.4 Å². The largest absolute Gasteiger partial charge is 0.326 e. The topological polar surface area (TPSA) is 93.1 Å². The summed E-state index contributed by atoms with van der Waals surface area (Å²) in [6.45, 7) is 1.43. The maximum Gasteiger partial charge on any atom is 0.276 e. The van der Waals surface area contributed by atoms with Crippen LogP contribution in [0.15, 0.2) is 69.9 Å². The second kappa shape index (κ2) is 9.56. The molecule has 7 nitrogen and oxygen atoms in total. The lowest BCUT2D eigenvalue weighted by Crippen LogP contribution is -2.22. The summed E-state index contributed by atoms with van der Waals surface area (Å²) in [7, 11) is 0. The van der Waals surface area contributed by atoms with E-state index >= 15 is 0 Å². The number of benzene rings is 2. The van der Waals surface area contributed by atoms with Crippen molar-refractivity contribution in [1.29, 1.82) is 0 Å². The fourth-order valence-corrected chi connectivity index (χ4v) is 4.67. The monoisotopic (exact) mass is 484 g/mol. The molecule has 0 fully saturated rings. The molecule has 162 valence electrons. The Morgan fingerprint density at radius 2 is 1.69 bits per heavy atom. The number of carbonyl (C=O) groups is 2. The minimum Gasteiger partial charge on any atom is -0.326 e. The molecule has 0 aliphatic carbocycles. The highest BCUT2D eigenvalue weighted by Crippen LogP contribution is 2.24. The molecule has 2 aromatic heterocycles. The Kier molecular flexibility index (Phi) is 6.59. The normalized spacial score (nSPS) is 10.8. The Hall–Kier alpha value is -3.14. The maximum absolute atomic E-state index is 13.1. The third-order valence-electron chi connectivity index (χ3n) is 4.36. The van der Waals surface area contributed by atoms with Crippen molar-refractivity contribution in [1.82, 2.24) is 9.55 Å². The van der Waals surface area contributed by atoms with E-state index in [0.717, 1.165) is 0 Å². The van der Waals surface area contributed by atoms with Crippen LogP contribution < -0.4 is 16.2 Å². The number of hydrogen-bond donors (Lipinski definition) is 2. The van der Waals surface area contributed by atoms with Gasteiger partial charge in [0, 0.05) is 23.3 Å². The number of nitrogens with one attached hydrogen (secondary N) is 2. The van der Waals surface area contributed by atoms with Crippen molar-refractivity contribution < 1.29 is 9.59 Å². The van der Waals surface area contributed by atoms with Crippen molar-refractivity contribution >= 4 is 68.1 Å². The van der Waals surface area contributed by atoms with Gasteiger partial charge in [0.2, 0.25) is 11.8 Å². The first-order chi connectivity index (χ1) is 15.4. The number of hydrogen-bond acceptors (Lipinski definition) is 6. The lowest BCUT2D eigenvalue weighted by atomic mass is 10.3. The van der Waals surface area contributed by atoms with E-state index in [1.807, 2.05) is 5.38 Å². The first-order valence-corrected chi connectivity index (χ1v) is 11.7. The molecule has 4 rings (SSSR count). The molecule has 32 heavy (non-hydrogen) atoms. The summed E-state index contributed by atoms with van der Waals surface area (Å²) in [6.07, 6.45) is 0. The number of carbonyl (C=O) groups excluding carboxylic acids is 2. The molecule has 0 aliphatic heterocycles. The van der Waals surface area contributed by atoms with Crippen LogP contribution in [0.5, 0.6) is 0 Å². The summed E-state index contributed by atoms with van der Waals surface area (Å²) < 4.78 is 2.04. The van der Waals surface area contributed by atoms with Gasteiger partial charge in [-0.3, -0.25) is 19.0 Å². The van der Waals surface area contributed by atoms with Crippen LogP contribution in [0.4, 0.5) is 11.4 Å². The Morgan fingerprint density at radius 3 is 2.34 bits per heavy atom. The Bertz CT molecular complexity index is 1350. The number of nitrogens with zero attached hydrogens (tertiary/aromatic N) is 2. The number of fused-ring (bicyclic) bond motifs is 1.